The van der Waals surface area contributed by atoms with Gasteiger partial charge in [-0.05, 0) is 30.3 Å². The van der Waals surface area contributed by atoms with E-state index in [4.69, 9.17) is 0 Å². The summed E-state index contributed by atoms with van der Waals surface area (Å²) in [7, 11) is -1.59. The Balaban J connectivity index is 1.97. The first-order valence-electron chi connectivity index (χ1n) is 6.07. The third-order valence-electron chi connectivity index (χ3n) is 3.12. The van der Waals surface area contributed by atoms with E-state index in [1.54, 1.807) is 30.3 Å². The van der Waals surface area contributed by atoms with E-state index in [0.717, 1.165) is 0 Å². The lowest BCUT2D eigenvalue weighted by atomic mass is 10.2. The summed E-state index contributed by atoms with van der Waals surface area (Å²) in [5.74, 6) is -0.420. The van der Waals surface area contributed by atoms with Crippen LogP contribution >= 0.6 is 7.44 Å². The second-order valence-corrected chi connectivity index (χ2v) is 6.60. The highest BCUT2D eigenvalue weighted by Gasteiger charge is 2.32. The molecule has 1 aliphatic heterocycles. The summed E-state index contributed by atoms with van der Waals surface area (Å²) in [6, 6.07) is 14.1. The Labute approximate surface area is 116 Å². The van der Waals surface area contributed by atoms with Crippen molar-refractivity contribution in [3.63, 3.8) is 0 Å². The third kappa shape index (κ3) is 2.06. The molecule has 6 heteroatoms. The van der Waals surface area contributed by atoms with Crippen LogP contribution in [0.2, 0.25) is 0 Å². The molecule has 0 radical (unpaired) electrons. The van der Waals surface area contributed by atoms with Crippen molar-refractivity contribution < 1.29 is 14.1 Å². The van der Waals surface area contributed by atoms with Crippen molar-refractivity contribution in [3.05, 3.63) is 54.1 Å². The average Bonchev–Trinajstić information content (AvgIpc) is 2.84. The van der Waals surface area contributed by atoms with E-state index in [0.29, 0.717) is 22.2 Å². The molecule has 0 spiro atoms. The standard InChI is InChI=1S/C14H13N2O3P/c1-19-14(17)10-7-8-12-13(9-10)16-20(18,15-12)11-5-3-2-4-6-11/h2-9H,1H3,(H2,15,16,18)/t20-/m1/s1. The van der Waals surface area contributed by atoms with Crippen LogP contribution in [0.15, 0.2) is 48.5 Å². The van der Waals surface area contributed by atoms with E-state index in [9.17, 15) is 9.36 Å². The first-order valence-corrected chi connectivity index (χ1v) is 7.78. The second-order valence-electron chi connectivity index (χ2n) is 4.42. The lowest BCUT2D eigenvalue weighted by Gasteiger charge is -2.12. The molecule has 3 rings (SSSR count). The highest BCUT2D eigenvalue weighted by molar-refractivity contribution is 7.74. The van der Waals surface area contributed by atoms with Crippen molar-refractivity contribution in [2.75, 3.05) is 17.3 Å². The number of rotatable bonds is 2. The molecule has 102 valence electrons. The van der Waals surface area contributed by atoms with Crippen LogP contribution in [-0.4, -0.2) is 13.1 Å². The van der Waals surface area contributed by atoms with Gasteiger partial charge in [-0.25, -0.2) is 4.79 Å². The number of fused-ring (bicyclic) bond motifs is 1. The summed E-state index contributed by atoms with van der Waals surface area (Å²) >= 11 is 0. The van der Waals surface area contributed by atoms with Gasteiger partial charge in [0.2, 0.25) is 0 Å². The smallest absolute Gasteiger partial charge is 0.337 e. The van der Waals surface area contributed by atoms with Gasteiger partial charge in [-0.3, -0.25) is 4.57 Å². The molecule has 2 aromatic rings. The van der Waals surface area contributed by atoms with E-state index in [-0.39, 0.29) is 0 Å². The first-order chi connectivity index (χ1) is 9.62. The highest BCUT2D eigenvalue weighted by atomic mass is 31.2. The Morgan fingerprint density at radius 3 is 2.45 bits per heavy atom. The van der Waals surface area contributed by atoms with Crippen molar-refractivity contribution in [3.8, 4) is 0 Å². The number of methoxy groups -OCH3 is 1. The normalized spacial score (nSPS) is 19.6. The van der Waals surface area contributed by atoms with Gasteiger partial charge in [0.15, 0.2) is 0 Å². The van der Waals surface area contributed by atoms with Crippen LogP contribution in [0.4, 0.5) is 11.4 Å². The molecule has 20 heavy (non-hydrogen) atoms. The molecule has 0 aliphatic carbocycles. The van der Waals surface area contributed by atoms with Crippen LogP contribution in [0.3, 0.4) is 0 Å². The molecule has 1 atom stereocenters. The molecule has 2 N–H and O–H groups in total. The third-order valence-corrected chi connectivity index (χ3v) is 5.25. The van der Waals surface area contributed by atoms with Gasteiger partial charge in [-0.15, -0.1) is 0 Å². The summed E-state index contributed by atoms with van der Waals surface area (Å²) in [5, 5.41) is 6.68. The summed E-state index contributed by atoms with van der Waals surface area (Å²) in [6.45, 7) is 0. The molecule has 0 amide bonds. The van der Waals surface area contributed by atoms with E-state index in [1.807, 2.05) is 18.2 Å². The quantitative estimate of drug-likeness (QED) is 0.657. The first kappa shape index (κ1) is 12.8. The number of hydrogen-bond donors (Lipinski definition) is 2. The molecular weight excluding hydrogens is 275 g/mol. The van der Waals surface area contributed by atoms with Gasteiger partial charge >= 0.3 is 5.97 Å². The van der Waals surface area contributed by atoms with Crippen LogP contribution < -0.4 is 15.5 Å². The fraction of sp³-hybridized carbons (Fsp3) is 0.0714. The molecule has 5 nitrogen and oxygen atoms in total. The van der Waals surface area contributed by atoms with Gasteiger partial charge in [0.05, 0.1) is 29.4 Å². The monoisotopic (exact) mass is 288 g/mol. The number of carbonyl (C=O) groups excluding carboxylic acids is 1. The minimum absolute atomic E-state index is 0.419. The predicted octanol–water partition coefficient (Wildman–Crippen LogP) is 2.83. The molecule has 0 aromatic heterocycles. The number of esters is 1. The Bertz CT molecular complexity index is 716. The SMILES string of the molecule is COC(=O)c1ccc2c(c1)N[P@@](=O)(c1ccccc1)N2. The maximum Gasteiger partial charge on any atom is 0.337 e. The zero-order valence-electron chi connectivity index (χ0n) is 10.8. The summed E-state index contributed by atoms with van der Waals surface area (Å²) < 4.78 is 17.6. The molecule has 2 aromatic carbocycles. The number of nitrogens with one attached hydrogen (secondary N) is 2. The molecule has 0 saturated heterocycles. The van der Waals surface area contributed by atoms with Gasteiger partial charge in [0.1, 0.15) is 0 Å². The number of hydrogen-bond acceptors (Lipinski definition) is 3. The van der Waals surface area contributed by atoms with E-state index in [1.165, 1.54) is 7.11 Å². The zero-order chi connectivity index (χ0) is 14.2. The second kappa shape index (κ2) is 4.69. The largest absolute Gasteiger partial charge is 0.465 e. The number of ether oxygens (including phenoxy) is 1. The van der Waals surface area contributed by atoms with Crippen LogP contribution in [0, 0.1) is 0 Å². The van der Waals surface area contributed by atoms with Gasteiger partial charge in [-0.2, -0.15) is 0 Å². The highest BCUT2D eigenvalue weighted by Crippen LogP contribution is 2.53. The molecule has 1 aliphatic rings. The molecule has 0 fully saturated rings. The lowest BCUT2D eigenvalue weighted by Crippen LogP contribution is -2.12. The summed E-state index contributed by atoms with van der Waals surface area (Å²) in [6.07, 6.45) is 0. The van der Waals surface area contributed by atoms with Crippen LogP contribution in [-0.2, 0) is 9.30 Å². The van der Waals surface area contributed by atoms with Crippen molar-refractivity contribution in [1.82, 2.24) is 0 Å². The minimum atomic E-state index is -2.91. The Hall–Kier alpha value is -2.26. The molecule has 0 unspecified atom stereocenters. The zero-order valence-corrected chi connectivity index (χ0v) is 11.7. The number of anilines is 2. The van der Waals surface area contributed by atoms with Crippen LogP contribution in [0.1, 0.15) is 10.4 Å². The lowest BCUT2D eigenvalue weighted by molar-refractivity contribution is 0.0601. The van der Waals surface area contributed by atoms with Gasteiger partial charge < -0.3 is 14.9 Å². The predicted molar refractivity (Wildman–Crippen MR) is 78.7 cm³/mol. The molecule has 0 saturated carbocycles. The molecule has 0 bridgehead atoms. The van der Waals surface area contributed by atoms with Gasteiger partial charge in [0, 0.05) is 0 Å². The van der Waals surface area contributed by atoms with Crippen molar-refractivity contribution >= 4 is 30.1 Å². The van der Waals surface area contributed by atoms with Crippen molar-refractivity contribution in [2.24, 2.45) is 0 Å². The minimum Gasteiger partial charge on any atom is -0.465 e. The van der Waals surface area contributed by atoms with Gasteiger partial charge in [-0.1, -0.05) is 18.2 Å². The average molecular weight is 288 g/mol. The van der Waals surface area contributed by atoms with Crippen molar-refractivity contribution in [2.45, 2.75) is 0 Å². The number of carbonyl (C=O) groups is 1. The summed E-state index contributed by atoms with van der Waals surface area (Å²) in [4.78, 5) is 11.5. The van der Waals surface area contributed by atoms with Gasteiger partial charge in [0.25, 0.3) is 7.44 Å². The van der Waals surface area contributed by atoms with Crippen LogP contribution in [0.5, 0.6) is 0 Å². The molecule has 1 heterocycles. The maximum atomic E-state index is 12.9. The Morgan fingerprint density at radius 2 is 1.75 bits per heavy atom. The van der Waals surface area contributed by atoms with Crippen LogP contribution in [0.25, 0.3) is 0 Å². The fourth-order valence-electron chi connectivity index (χ4n) is 2.11. The molecular formula is C14H13N2O3P. The number of benzene rings is 2. The Morgan fingerprint density at radius 1 is 1.05 bits per heavy atom. The Kier molecular flexibility index (Phi) is 2.99. The van der Waals surface area contributed by atoms with E-state index < -0.39 is 13.4 Å². The van der Waals surface area contributed by atoms with E-state index >= 15 is 0 Å². The fourth-order valence-corrected chi connectivity index (χ4v) is 4.08. The summed E-state index contributed by atoms with van der Waals surface area (Å²) in [5.41, 5.74) is 1.77. The maximum absolute atomic E-state index is 12.9. The topological polar surface area (TPSA) is 67.4 Å². The van der Waals surface area contributed by atoms with E-state index in [2.05, 4.69) is 14.9 Å². The van der Waals surface area contributed by atoms with Crippen molar-refractivity contribution in [1.29, 1.82) is 0 Å².